The average molecular weight is 587 g/mol. The van der Waals surface area contributed by atoms with E-state index in [1.165, 1.54) is 15.9 Å². The van der Waals surface area contributed by atoms with Gasteiger partial charge < -0.3 is 18.6 Å². The van der Waals surface area contributed by atoms with Crippen molar-refractivity contribution in [2.24, 2.45) is 4.99 Å². The molecule has 0 N–H and O–H groups in total. The van der Waals surface area contributed by atoms with Gasteiger partial charge in [-0.05, 0) is 69.7 Å². The van der Waals surface area contributed by atoms with Crippen molar-refractivity contribution in [3.05, 3.63) is 109 Å². The van der Waals surface area contributed by atoms with E-state index in [-0.39, 0.29) is 18.1 Å². The average Bonchev–Trinajstić information content (AvgIpc) is 3.57. The van der Waals surface area contributed by atoms with Gasteiger partial charge in [0.05, 0.1) is 47.2 Å². The lowest BCUT2D eigenvalue weighted by Crippen LogP contribution is -2.39. The maximum Gasteiger partial charge on any atom is 0.338 e. The van der Waals surface area contributed by atoms with Crippen LogP contribution in [0.25, 0.3) is 17.4 Å². The Morgan fingerprint density at radius 2 is 1.62 bits per heavy atom. The molecular formula is C32H30N2O7S. The Kier molecular flexibility index (Phi) is 8.53. The highest BCUT2D eigenvalue weighted by Gasteiger charge is 2.33. The van der Waals surface area contributed by atoms with Crippen molar-refractivity contribution in [1.82, 2.24) is 4.57 Å². The maximum absolute atomic E-state index is 13.8. The zero-order valence-electron chi connectivity index (χ0n) is 23.7. The van der Waals surface area contributed by atoms with Crippen LogP contribution in [0.5, 0.6) is 5.75 Å². The van der Waals surface area contributed by atoms with Crippen LogP contribution in [0, 0.1) is 0 Å². The molecular weight excluding hydrogens is 556 g/mol. The minimum absolute atomic E-state index is 0.197. The van der Waals surface area contributed by atoms with Crippen molar-refractivity contribution >= 4 is 29.4 Å². The summed E-state index contributed by atoms with van der Waals surface area (Å²) >= 11 is 1.22. The highest BCUT2D eigenvalue weighted by atomic mass is 32.1. The van der Waals surface area contributed by atoms with E-state index in [1.807, 2.05) is 31.2 Å². The van der Waals surface area contributed by atoms with Gasteiger partial charge in [0.15, 0.2) is 4.80 Å². The third kappa shape index (κ3) is 5.71. The Bertz CT molecular complexity index is 1830. The van der Waals surface area contributed by atoms with Crippen LogP contribution >= 0.6 is 11.3 Å². The first-order chi connectivity index (χ1) is 20.3. The van der Waals surface area contributed by atoms with Gasteiger partial charge in [-0.15, -0.1) is 0 Å². The fourth-order valence-electron chi connectivity index (χ4n) is 4.72. The first kappa shape index (κ1) is 28.8. The van der Waals surface area contributed by atoms with Crippen molar-refractivity contribution in [3.8, 4) is 17.1 Å². The predicted molar refractivity (Wildman–Crippen MR) is 158 cm³/mol. The number of fused-ring (bicyclic) bond motifs is 1. The van der Waals surface area contributed by atoms with Crippen molar-refractivity contribution in [2.75, 3.05) is 19.8 Å². The zero-order chi connectivity index (χ0) is 29.8. The lowest BCUT2D eigenvalue weighted by molar-refractivity contribution is -0.139. The molecule has 1 atom stereocenters. The van der Waals surface area contributed by atoms with Gasteiger partial charge in [0, 0.05) is 11.6 Å². The number of hydrogen-bond donors (Lipinski definition) is 0. The van der Waals surface area contributed by atoms with Crippen molar-refractivity contribution in [2.45, 2.75) is 33.7 Å². The first-order valence-electron chi connectivity index (χ1n) is 13.6. The zero-order valence-corrected chi connectivity index (χ0v) is 24.5. The van der Waals surface area contributed by atoms with Crippen LogP contribution in [-0.2, 0) is 14.3 Å². The van der Waals surface area contributed by atoms with Crippen LogP contribution in [-0.4, -0.2) is 36.3 Å². The predicted octanol–water partition coefficient (Wildman–Crippen LogP) is 4.63. The van der Waals surface area contributed by atoms with E-state index in [9.17, 15) is 14.4 Å². The maximum atomic E-state index is 13.8. The molecule has 9 nitrogen and oxygen atoms in total. The van der Waals surface area contributed by atoms with Crippen molar-refractivity contribution in [3.63, 3.8) is 0 Å². The molecule has 2 aromatic heterocycles. The number of benzene rings is 2. The van der Waals surface area contributed by atoms with E-state index in [0.29, 0.717) is 56.7 Å². The summed E-state index contributed by atoms with van der Waals surface area (Å²) in [5.74, 6) is 0.845. The number of allylic oxidation sites excluding steroid dienone is 1. The molecule has 42 heavy (non-hydrogen) atoms. The first-order valence-corrected chi connectivity index (χ1v) is 14.5. The van der Waals surface area contributed by atoms with Gasteiger partial charge in [-0.1, -0.05) is 35.6 Å². The van der Waals surface area contributed by atoms with E-state index in [1.54, 1.807) is 63.2 Å². The van der Waals surface area contributed by atoms with E-state index < -0.39 is 12.0 Å². The minimum atomic E-state index is -0.719. The molecule has 4 aromatic rings. The summed E-state index contributed by atoms with van der Waals surface area (Å²) in [7, 11) is 0. The number of furan rings is 1. The van der Waals surface area contributed by atoms with Gasteiger partial charge in [-0.3, -0.25) is 9.36 Å². The van der Waals surface area contributed by atoms with E-state index in [0.717, 1.165) is 11.1 Å². The fraction of sp³-hybridized carbons (Fsp3) is 0.250. The summed E-state index contributed by atoms with van der Waals surface area (Å²) in [4.78, 5) is 44.0. The smallest absolute Gasteiger partial charge is 0.338 e. The molecule has 0 amide bonds. The Hall–Kier alpha value is -4.70. The Labute approximate surface area is 246 Å². The standard InChI is InChI=1S/C32H30N2O7S/c1-5-38-23-14-12-21(13-15-23)28-27(31(37)40-7-3)19(4)33-32-34(28)29(35)26(42-32)18-24-16-17-25(41-24)20-8-10-22(11-9-20)30(36)39-6-2/h8-18,28H,5-7H2,1-4H3/b26-18-/t28-/m0/s1. The number of thiazole rings is 1. The van der Waals surface area contributed by atoms with Gasteiger partial charge >= 0.3 is 11.9 Å². The van der Waals surface area contributed by atoms with Crippen LogP contribution in [0.4, 0.5) is 0 Å². The van der Waals surface area contributed by atoms with Gasteiger partial charge in [0.2, 0.25) is 0 Å². The molecule has 216 valence electrons. The largest absolute Gasteiger partial charge is 0.494 e. The van der Waals surface area contributed by atoms with Crippen LogP contribution in [0.1, 0.15) is 55.4 Å². The molecule has 0 bridgehead atoms. The number of carbonyl (C=O) groups is 2. The third-order valence-electron chi connectivity index (χ3n) is 6.60. The summed E-state index contributed by atoms with van der Waals surface area (Å²) < 4.78 is 23.9. The quantitative estimate of drug-likeness (QED) is 0.263. The molecule has 1 aliphatic heterocycles. The molecule has 2 aromatic carbocycles. The van der Waals surface area contributed by atoms with Crippen molar-refractivity contribution < 1.29 is 28.2 Å². The molecule has 1 aliphatic rings. The van der Waals surface area contributed by atoms with E-state index in [2.05, 4.69) is 4.99 Å². The minimum Gasteiger partial charge on any atom is -0.494 e. The number of nitrogens with zero attached hydrogens (tertiary/aromatic N) is 2. The molecule has 0 saturated carbocycles. The van der Waals surface area contributed by atoms with Gasteiger partial charge in [0.25, 0.3) is 5.56 Å². The molecule has 0 spiro atoms. The second-order valence-corrected chi connectivity index (χ2v) is 10.3. The van der Waals surface area contributed by atoms with Gasteiger partial charge in [-0.25, -0.2) is 14.6 Å². The monoisotopic (exact) mass is 586 g/mol. The summed E-state index contributed by atoms with van der Waals surface area (Å²) in [5.41, 5.74) is 2.46. The number of esters is 2. The SMILES string of the molecule is CCOC(=O)C1=C(C)N=c2s/c(=C\c3ccc(-c4ccc(C(=O)OCC)cc4)o3)c(=O)n2[C@H]1c1ccc(OCC)cc1. The van der Waals surface area contributed by atoms with Crippen LogP contribution < -0.4 is 19.6 Å². The number of carbonyl (C=O) groups excluding carboxylic acids is 2. The molecule has 3 heterocycles. The summed E-state index contributed by atoms with van der Waals surface area (Å²) in [6.07, 6.45) is 1.67. The molecule has 0 saturated heterocycles. The van der Waals surface area contributed by atoms with Crippen LogP contribution in [0.3, 0.4) is 0 Å². The van der Waals surface area contributed by atoms with Gasteiger partial charge in [0.1, 0.15) is 17.3 Å². The van der Waals surface area contributed by atoms with Crippen molar-refractivity contribution in [1.29, 1.82) is 0 Å². The highest BCUT2D eigenvalue weighted by Crippen LogP contribution is 2.32. The van der Waals surface area contributed by atoms with Crippen LogP contribution in [0.2, 0.25) is 0 Å². The fourth-order valence-corrected chi connectivity index (χ4v) is 5.75. The summed E-state index contributed by atoms with van der Waals surface area (Å²) in [6, 6.07) is 17.1. The molecule has 10 heteroatoms. The lowest BCUT2D eigenvalue weighted by Gasteiger charge is -2.24. The molecule has 0 fully saturated rings. The summed E-state index contributed by atoms with van der Waals surface area (Å²) in [6.45, 7) is 8.17. The van der Waals surface area contributed by atoms with E-state index in [4.69, 9.17) is 18.6 Å². The highest BCUT2D eigenvalue weighted by molar-refractivity contribution is 7.07. The lowest BCUT2D eigenvalue weighted by atomic mass is 9.96. The van der Waals surface area contributed by atoms with Gasteiger partial charge in [-0.2, -0.15) is 0 Å². The topological polar surface area (TPSA) is 109 Å². The number of rotatable bonds is 9. The van der Waals surface area contributed by atoms with E-state index >= 15 is 0 Å². The Balaban J connectivity index is 1.54. The Morgan fingerprint density at radius 1 is 0.929 bits per heavy atom. The number of hydrogen-bond acceptors (Lipinski definition) is 9. The molecule has 0 unspecified atom stereocenters. The third-order valence-corrected chi connectivity index (χ3v) is 7.59. The normalized spacial score (nSPS) is 14.8. The van der Waals surface area contributed by atoms with Crippen LogP contribution in [0.15, 0.2) is 86.1 Å². The second-order valence-electron chi connectivity index (χ2n) is 9.30. The summed E-state index contributed by atoms with van der Waals surface area (Å²) in [5, 5.41) is 0. The Morgan fingerprint density at radius 3 is 2.29 bits per heavy atom. The molecule has 0 radical (unpaired) electrons. The number of aromatic nitrogens is 1. The molecule has 0 aliphatic carbocycles. The second kappa shape index (κ2) is 12.4. The molecule has 5 rings (SSSR count). The number of ether oxygens (including phenoxy) is 3.